The molecule has 0 spiro atoms. The van der Waals surface area contributed by atoms with Gasteiger partial charge in [-0.05, 0) is 66.2 Å². The van der Waals surface area contributed by atoms with Crippen molar-refractivity contribution in [2.45, 2.75) is 47.1 Å². The number of hydrogen-bond donors (Lipinski definition) is 2. The van der Waals surface area contributed by atoms with E-state index in [1.165, 1.54) is 11.8 Å². The molecule has 4 nitrogen and oxygen atoms in total. The number of ether oxygens (including phenoxy) is 1. The summed E-state index contributed by atoms with van der Waals surface area (Å²) in [6.45, 7) is 19.0. The van der Waals surface area contributed by atoms with Gasteiger partial charge in [-0.15, -0.1) is 0 Å². The van der Waals surface area contributed by atoms with Crippen molar-refractivity contribution in [1.82, 2.24) is 4.90 Å². The zero-order chi connectivity index (χ0) is 22.4. The summed E-state index contributed by atoms with van der Waals surface area (Å²) in [4.78, 5) is 2.38. The molecule has 0 bridgehead atoms. The van der Waals surface area contributed by atoms with E-state index in [-0.39, 0.29) is 11.5 Å². The highest BCUT2D eigenvalue weighted by molar-refractivity contribution is 6.21. The van der Waals surface area contributed by atoms with Crippen LogP contribution in [0.5, 0.6) is 5.75 Å². The Morgan fingerprint density at radius 2 is 1.97 bits per heavy atom. The van der Waals surface area contributed by atoms with E-state index < -0.39 is 0 Å². The second kappa shape index (κ2) is 7.67. The van der Waals surface area contributed by atoms with Crippen LogP contribution < -0.4 is 10.5 Å². The number of allylic oxidation sites excluding steroid dienone is 5. The number of benzene rings is 1. The van der Waals surface area contributed by atoms with E-state index in [9.17, 15) is 0 Å². The van der Waals surface area contributed by atoms with Gasteiger partial charge < -0.3 is 20.8 Å². The third-order valence-electron chi connectivity index (χ3n) is 5.97. The number of nitrogens with two attached hydrogens (primary N) is 1. The van der Waals surface area contributed by atoms with Crippen molar-refractivity contribution in [3.8, 4) is 5.75 Å². The predicted molar refractivity (Wildman–Crippen MR) is 127 cm³/mol. The minimum Gasteiger partial charge on any atom is -0.496 e. The van der Waals surface area contributed by atoms with Crippen LogP contribution in [-0.4, -0.2) is 23.8 Å². The number of hydrogen-bond acceptors (Lipinski definition) is 4. The Labute approximate surface area is 180 Å². The highest BCUT2D eigenvalue weighted by Crippen LogP contribution is 2.46. The largest absolute Gasteiger partial charge is 0.496 e. The van der Waals surface area contributed by atoms with Gasteiger partial charge in [0.05, 0.1) is 7.11 Å². The molecule has 2 aliphatic rings. The first-order chi connectivity index (χ1) is 14.0. The lowest BCUT2D eigenvalue weighted by atomic mass is 9.76. The van der Waals surface area contributed by atoms with E-state index in [1.807, 2.05) is 6.92 Å². The lowest BCUT2D eigenvalue weighted by molar-refractivity contribution is 0.189. The van der Waals surface area contributed by atoms with Gasteiger partial charge in [0.15, 0.2) is 0 Å². The summed E-state index contributed by atoms with van der Waals surface area (Å²) in [5.41, 5.74) is 14.4. The minimum absolute atomic E-state index is 0.0518. The topological polar surface area (TPSA) is 62.3 Å². The van der Waals surface area contributed by atoms with Crippen molar-refractivity contribution >= 4 is 17.0 Å². The van der Waals surface area contributed by atoms with Crippen molar-refractivity contribution in [3.05, 3.63) is 77.2 Å². The highest BCUT2D eigenvalue weighted by atomic mass is 16.5. The fraction of sp³-hybridized carbons (Fsp3) is 0.346. The monoisotopic (exact) mass is 403 g/mol. The van der Waals surface area contributed by atoms with Gasteiger partial charge in [0, 0.05) is 46.6 Å². The summed E-state index contributed by atoms with van der Waals surface area (Å²) in [5, 5.41) is 8.12. The van der Waals surface area contributed by atoms with E-state index in [0.29, 0.717) is 17.0 Å². The maximum absolute atomic E-state index is 8.12. The highest BCUT2D eigenvalue weighted by Gasteiger charge is 2.38. The lowest BCUT2D eigenvalue weighted by Gasteiger charge is -2.47. The fourth-order valence-corrected chi connectivity index (χ4v) is 4.33. The Balaban J connectivity index is 2.27. The summed E-state index contributed by atoms with van der Waals surface area (Å²) < 4.78 is 5.71. The minimum atomic E-state index is 0.0518. The first kappa shape index (κ1) is 21.7. The molecule has 3 N–H and O–H groups in total. The van der Waals surface area contributed by atoms with Gasteiger partial charge >= 0.3 is 0 Å². The quantitative estimate of drug-likeness (QED) is 0.636. The molecule has 0 saturated heterocycles. The maximum Gasteiger partial charge on any atom is 0.127 e. The molecular weight excluding hydrogens is 370 g/mol. The Kier molecular flexibility index (Phi) is 5.55. The van der Waals surface area contributed by atoms with Crippen molar-refractivity contribution < 1.29 is 4.74 Å². The third kappa shape index (κ3) is 3.62. The molecular formula is C26H33N3O. The SMILES string of the molecule is C=C(C)C1=CN2C(=CC1=C)c1cc(OC)c(/C(=C/N)C(C)=N)cc1CC2C(C)(C)C. The number of fused-ring (bicyclic) bond motifs is 3. The normalized spacial score (nSPS) is 18.9. The molecule has 0 aliphatic carbocycles. The van der Waals surface area contributed by atoms with Gasteiger partial charge in [0.2, 0.25) is 0 Å². The van der Waals surface area contributed by atoms with Crippen LogP contribution in [0.25, 0.3) is 11.3 Å². The Morgan fingerprint density at radius 1 is 1.30 bits per heavy atom. The van der Waals surface area contributed by atoms with Gasteiger partial charge in [0.25, 0.3) is 0 Å². The number of rotatable bonds is 4. The van der Waals surface area contributed by atoms with Crippen LogP contribution in [0.3, 0.4) is 0 Å². The molecule has 2 aliphatic heterocycles. The number of nitrogens with one attached hydrogen (secondary N) is 1. The van der Waals surface area contributed by atoms with Crippen LogP contribution >= 0.6 is 0 Å². The molecule has 0 saturated carbocycles. The molecule has 1 atom stereocenters. The van der Waals surface area contributed by atoms with Crippen molar-refractivity contribution in [3.63, 3.8) is 0 Å². The van der Waals surface area contributed by atoms with Gasteiger partial charge in [-0.3, -0.25) is 0 Å². The molecule has 0 amide bonds. The van der Waals surface area contributed by atoms with Crippen molar-refractivity contribution in [2.75, 3.05) is 7.11 Å². The van der Waals surface area contributed by atoms with Crippen LogP contribution in [0, 0.1) is 10.8 Å². The van der Waals surface area contributed by atoms with Gasteiger partial charge in [0.1, 0.15) is 5.75 Å². The third-order valence-corrected chi connectivity index (χ3v) is 5.97. The molecule has 158 valence electrons. The molecule has 4 heteroatoms. The van der Waals surface area contributed by atoms with Crippen LogP contribution in [0.4, 0.5) is 0 Å². The average Bonchev–Trinajstić information content (AvgIpc) is 2.65. The van der Waals surface area contributed by atoms with E-state index >= 15 is 0 Å². The Morgan fingerprint density at radius 3 is 2.47 bits per heavy atom. The first-order valence-electron chi connectivity index (χ1n) is 10.3. The lowest BCUT2D eigenvalue weighted by Crippen LogP contribution is -2.45. The van der Waals surface area contributed by atoms with Gasteiger partial charge in [-0.1, -0.05) is 33.9 Å². The molecule has 3 rings (SSSR count). The zero-order valence-corrected chi connectivity index (χ0v) is 19.0. The van der Waals surface area contributed by atoms with Crippen LogP contribution in [0.15, 0.2) is 60.5 Å². The van der Waals surface area contributed by atoms with Crippen LogP contribution in [0.2, 0.25) is 0 Å². The Bertz CT molecular complexity index is 1030. The Hall–Kier alpha value is -3.01. The van der Waals surface area contributed by atoms with Gasteiger partial charge in [-0.25, -0.2) is 0 Å². The number of nitrogens with zero attached hydrogens (tertiary/aromatic N) is 1. The van der Waals surface area contributed by atoms with E-state index in [0.717, 1.165) is 40.0 Å². The summed E-state index contributed by atoms with van der Waals surface area (Å²) >= 11 is 0. The molecule has 1 unspecified atom stereocenters. The molecule has 1 aromatic carbocycles. The molecule has 0 radical (unpaired) electrons. The molecule has 0 aromatic heterocycles. The van der Waals surface area contributed by atoms with Gasteiger partial charge in [-0.2, -0.15) is 0 Å². The predicted octanol–water partition coefficient (Wildman–Crippen LogP) is 5.68. The molecule has 30 heavy (non-hydrogen) atoms. The maximum atomic E-state index is 8.12. The zero-order valence-electron chi connectivity index (χ0n) is 19.0. The number of methoxy groups -OCH3 is 1. The summed E-state index contributed by atoms with van der Waals surface area (Å²) in [6.07, 6.45) is 6.73. The van der Waals surface area contributed by atoms with Crippen molar-refractivity contribution in [2.24, 2.45) is 11.1 Å². The summed E-state index contributed by atoms with van der Waals surface area (Å²) in [5.74, 6) is 0.715. The van der Waals surface area contributed by atoms with E-state index in [4.69, 9.17) is 15.9 Å². The van der Waals surface area contributed by atoms with Crippen molar-refractivity contribution in [1.29, 1.82) is 5.41 Å². The van der Waals surface area contributed by atoms with E-state index in [1.54, 1.807) is 14.0 Å². The summed E-state index contributed by atoms with van der Waals surface area (Å²) in [7, 11) is 1.66. The summed E-state index contributed by atoms with van der Waals surface area (Å²) in [6, 6.07) is 4.48. The molecule has 1 aromatic rings. The van der Waals surface area contributed by atoms with E-state index in [2.05, 4.69) is 63.2 Å². The molecule has 2 heterocycles. The second-order valence-electron chi connectivity index (χ2n) is 9.29. The fourth-order valence-electron chi connectivity index (χ4n) is 4.33. The van der Waals surface area contributed by atoms with Crippen LogP contribution in [0.1, 0.15) is 51.3 Å². The first-order valence-corrected chi connectivity index (χ1v) is 10.3. The smallest absolute Gasteiger partial charge is 0.127 e. The average molecular weight is 404 g/mol. The van der Waals surface area contributed by atoms with Crippen LogP contribution in [-0.2, 0) is 6.42 Å². The standard InChI is InChI=1S/C26H33N3O/c1-15(2)22-14-29-23(9-16(22)3)19-12-24(30-8)20(21(13-27)17(4)28)10-18(19)11-25(29)26(5,6)7/h9-10,12-14,25,28H,1,3,11,27H2,2,4-8H3/b21-13+,28-17?. The second-order valence-corrected chi connectivity index (χ2v) is 9.29. The molecule has 0 fully saturated rings.